The number of nitrogens with one attached hydrogen (secondary N) is 1. The first kappa shape index (κ1) is 14.9. The molecule has 1 atom stereocenters. The van der Waals surface area contributed by atoms with Crippen LogP contribution >= 0.6 is 15.9 Å². The van der Waals surface area contributed by atoms with E-state index in [2.05, 4.69) is 33.2 Å². The second-order valence-electron chi connectivity index (χ2n) is 4.43. The van der Waals surface area contributed by atoms with Crippen LogP contribution in [0.3, 0.4) is 0 Å². The molecule has 1 aromatic carbocycles. The lowest BCUT2D eigenvalue weighted by atomic mass is 10.3. The SMILES string of the molecule is COCC(C)n1ccnc1Nc1cc(Br)ccc1OC. The highest BCUT2D eigenvalue weighted by Crippen LogP contribution is 2.30. The molecule has 0 radical (unpaired) electrons. The van der Waals surface area contributed by atoms with E-state index in [9.17, 15) is 0 Å². The summed E-state index contributed by atoms with van der Waals surface area (Å²) in [5.41, 5.74) is 0.860. The van der Waals surface area contributed by atoms with Crippen LogP contribution in [0.2, 0.25) is 0 Å². The number of hydrogen-bond donors (Lipinski definition) is 1. The Morgan fingerprint density at radius 1 is 1.40 bits per heavy atom. The summed E-state index contributed by atoms with van der Waals surface area (Å²) >= 11 is 3.46. The summed E-state index contributed by atoms with van der Waals surface area (Å²) < 4.78 is 13.5. The summed E-state index contributed by atoms with van der Waals surface area (Å²) in [4.78, 5) is 4.35. The Labute approximate surface area is 127 Å². The van der Waals surface area contributed by atoms with Gasteiger partial charge < -0.3 is 19.4 Å². The van der Waals surface area contributed by atoms with Gasteiger partial charge in [-0.1, -0.05) is 15.9 Å². The first-order chi connectivity index (χ1) is 9.65. The maximum atomic E-state index is 5.35. The van der Waals surface area contributed by atoms with E-state index in [-0.39, 0.29) is 6.04 Å². The molecule has 0 amide bonds. The largest absolute Gasteiger partial charge is 0.495 e. The number of imidazole rings is 1. The molecule has 0 aliphatic heterocycles. The Morgan fingerprint density at radius 3 is 2.90 bits per heavy atom. The van der Waals surface area contributed by atoms with E-state index in [0.717, 1.165) is 21.9 Å². The molecule has 20 heavy (non-hydrogen) atoms. The molecule has 6 heteroatoms. The highest BCUT2D eigenvalue weighted by Gasteiger charge is 2.12. The maximum absolute atomic E-state index is 5.35. The Kier molecular flexibility index (Phi) is 5.03. The lowest BCUT2D eigenvalue weighted by molar-refractivity contribution is 0.163. The number of hydrogen-bond acceptors (Lipinski definition) is 4. The van der Waals surface area contributed by atoms with Crippen molar-refractivity contribution in [1.82, 2.24) is 9.55 Å². The van der Waals surface area contributed by atoms with Gasteiger partial charge in [-0.25, -0.2) is 4.98 Å². The molecule has 1 unspecified atom stereocenters. The van der Waals surface area contributed by atoms with Crippen molar-refractivity contribution in [2.24, 2.45) is 0 Å². The van der Waals surface area contributed by atoms with Crippen molar-refractivity contribution >= 4 is 27.6 Å². The van der Waals surface area contributed by atoms with Crippen molar-refractivity contribution < 1.29 is 9.47 Å². The fraction of sp³-hybridized carbons (Fsp3) is 0.357. The highest BCUT2D eigenvalue weighted by atomic mass is 79.9. The first-order valence-corrected chi connectivity index (χ1v) is 7.07. The minimum Gasteiger partial charge on any atom is -0.495 e. The molecule has 0 saturated heterocycles. The van der Waals surface area contributed by atoms with Crippen LogP contribution in [0.4, 0.5) is 11.6 Å². The normalized spacial score (nSPS) is 12.2. The number of ether oxygens (including phenoxy) is 2. The van der Waals surface area contributed by atoms with Crippen molar-refractivity contribution in [3.05, 3.63) is 35.1 Å². The van der Waals surface area contributed by atoms with Gasteiger partial charge in [0, 0.05) is 24.0 Å². The molecule has 0 fully saturated rings. The Morgan fingerprint density at radius 2 is 2.20 bits per heavy atom. The molecule has 0 saturated carbocycles. The van der Waals surface area contributed by atoms with Gasteiger partial charge in [-0.3, -0.25) is 0 Å². The third kappa shape index (κ3) is 3.32. The van der Waals surface area contributed by atoms with Crippen molar-refractivity contribution in [1.29, 1.82) is 0 Å². The molecule has 2 rings (SSSR count). The molecular formula is C14H18BrN3O2. The molecule has 2 aromatic rings. The minimum atomic E-state index is 0.197. The lowest BCUT2D eigenvalue weighted by Crippen LogP contribution is -2.13. The number of rotatable bonds is 6. The van der Waals surface area contributed by atoms with Gasteiger partial charge >= 0.3 is 0 Å². The number of methoxy groups -OCH3 is 2. The minimum absolute atomic E-state index is 0.197. The number of anilines is 2. The van der Waals surface area contributed by atoms with Gasteiger partial charge in [0.1, 0.15) is 5.75 Å². The predicted octanol–water partition coefficient (Wildman–Crippen LogP) is 3.61. The molecule has 0 spiro atoms. The van der Waals surface area contributed by atoms with Crippen molar-refractivity contribution in [3.8, 4) is 5.75 Å². The van der Waals surface area contributed by atoms with E-state index in [1.807, 2.05) is 29.0 Å². The van der Waals surface area contributed by atoms with Gasteiger partial charge in [-0.05, 0) is 25.1 Å². The van der Waals surface area contributed by atoms with E-state index in [4.69, 9.17) is 9.47 Å². The smallest absolute Gasteiger partial charge is 0.207 e. The first-order valence-electron chi connectivity index (χ1n) is 6.28. The fourth-order valence-corrected chi connectivity index (χ4v) is 2.35. The summed E-state index contributed by atoms with van der Waals surface area (Å²) in [6.07, 6.45) is 3.69. The van der Waals surface area contributed by atoms with Crippen molar-refractivity contribution in [2.75, 3.05) is 26.1 Å². The molecule has 108 valence electrons. The maximum Gasteiger partial charge on any atom is 0.207 e. The van der Waals surface area contributed by atoms with Crippen LogP contribution in [0, 0.1) is 0 Å². The zero-order valence-electron chi connectivity index (χ0n) is 11.8. The lowest BCUT2D eigenvalue weighted by Gasteiger charge is -2.17. The summed E-state index contributed by atoms with van der Waals surface area (Å²) in [5, 5.41) is 3.29. The van der Waals surface area contributed by atoms with Crippen LogP contribution in [0.25, 0.3) is 0 Å². The third-order valence-corrected chi connectivity index (χ3v) is 3.45. The second kappa shape index (κ2) is 6.76. The van der Waals surface area contributed by atoms with Gasteiger partial charge in [0.05, 0.1) is 25.4 Å². The average molecular weight is 340 g/mol. The van der Waals surface area contributed by atoms with Gasteiger partial charge in [0.2, 0.25) is 5.95 Å². The van der Waals surface area contributed by atoms with E-state index in [1.165, 1.54) is 0 Å². The van der Waals surface area contributed by atoms with E-state index >= 15 is 0 Å². The van der Waals surface area contributed by atoms with E-state index < -0.39 is 0 Å². The van der Waals surface area contributed by atoms with Crippen LogP contribution < -0.4 is 10.1 Å². The Hall–Kier alpha value is -1.53. The van der Waals surface area contributed by atoms with Crippen molar-refractivity contribution in [2.45, 2.75) is 13.0 Å². The summed E-state index contributed by atoms with van der Waals surface area (Å²) in [7, 11) is 3.34. The summed E-state index contributed by atoms with van der Waals surface area (Å²) in [6, 6.07) is 5.99. The van der Waals surface area contributed by atoms with Gasteiger partial charge in [-0.2, -0.15) is 0 Å². The molecule has 0 aliphatic rings. The zero-order valence-corrected chi connectivity index (χ0v) is 13.3. The van der Waals surface area contributed by atoms with E-state index in [0.29, 0.717) is 6.61 Å². The van der Waals surface area contributed by atoms with Crippen LogP contribution in [0.1, 0.15) is 13.0 Å². The highest BCUT2D eigenvalue weighted by molar-refractivity contribution is 9.10. The Bertz CT molecular complexity index is 571. The second-order valence-corrected chi connectivity index (χ2v) is 5.35. The predicted molar refractivity (Wildman–Crippen MR) is 82.8 cm³/mol. The average Bonchev–Trinajstić information content (AvgIpc) is 2.87. The number of aromatic nitrogens is 2. The fourth-order valence-electron chi connectivity index (χ4n) is 1.99. The number of halogens is 1. The monoisotopic (exact) mass is 339 g/mol. The summed E-state index contributed by atoms with van der Waals surface area (Å²) in [6.45, 7) is 2.70. The van der Waals surface area contributed by atoms with Gasteiger partial charge in [-0.15, -0.1) is 0 Å². The topological polar surface area (TPSA) is 48.3 Å². The molecule has 1 aromatic heterocycles. The third-order valence-electron chi connectivity index (χ3n) is 2.96. The zero-order chi connectivity index (χ0) is 14.5. The van der Waals surface area contributed by atoms with Gasteiger partial charge in [0.25, 0.3) is 0 Å². The number of nitrogens with zero attached hydrogens (tertiary/aromatic N) is 2. The quantitative estimate of drug-likeness (QED) is 0.873. The molecule has 1 N–H and O–H groups in total. The van der Waals surface area contributed by atoms with Crippen LogP contribution in [0.5, 0.6) is 5.75 Å². The summed E-state index contributed by atoms with van der Waals surface area (Å²) in [5.74, 6) is 1.52. The molecule has 1 heterocycles. The standard InChI is InChI=1S/C14H18BrN3O2/c1-10(9-19-2)18-7-6-16-14(18)17-12-8-11(15)4-5-13(12)20-3/h4-8,10H,9H2,1-3H3,(H,16,17). The molecular weight excluding hydrogens is 322 g/mol. The number of benzene rings is 1. The molecule has 0 aliphatic carbocycles. The molecule has 0 bridgehead atoms. The van der Waals surface area contributed by atoms with Gasteiger partial charge in [0.15, 0.2) is 0 Å². The van der Waals surface area contributed by atoms with E-state index in [1.54, 1.807) is 20.4 Å². The Balaban J connectivity index is 2.26. The molecule has 5 nitrogen and oxygen atoms in total. The van der Waals surface area contributed by atoms with Crippen molar-refractivity contribution in [3.63, 3.8) is 0 Å². The van der Waals surface area contributed by atoms with Crippen LogP contribution in [0.15, 0.2) is 35.1 Å². The van der Waals surface area contributed by atoms with Crippen LogP contribution in [-0.4, -0.2) is 30.4 Å². The van der Waals surface area contributed by atoms with Crippen LogP contribution in [-0.2, 0) is 4.74 Å².